The summed E-state index contributed by atoms with van der Waals surface area (Å²) in [7, 11) is -2.96. The Morgan fingerprint density at radius 1 is 0.900 bits per heavy atom. The van der Waals surface area contributed by atoms with Gasteiger partial charge < -0.3 is 9.05 Å². The van der Waals surface area contributed by atoms with Crippen LogP contribution in [0.15, 0.2) is 12.2 Å². The van der Waals surface area contributed by atoms with Crippen LogP contribution in [0.1, 0.15) is 71.1 Å². The van der Waals surface area contributed by atoms with E-state index in [0.29, 0.717) is 6.16 Å². The van der Waals surface area contributed by atoms with Gasteiger partial charge in [-0.25, -0.2) is 0 Å². The third-order valence-corrected chi connectivity index (χ3v) is 6.19. The molecule has 2 saturated carbocycles. The van der Waals surface area contributed by atoms with Gasteiger partial charge in [0.1, 0.15) is 0 Å². The molecule has 0 atom stereocenters. The first-order valence-corrected chi connectivity index (χ1v) is 10.0. The van der Waals surface area contributed by atoms with Crippen LogP contribution in [0.25, 0.3) is 0 Å². The van der Waals surface area contributed by atoms with Crippen LogP contribution in [0, 0.1) is 0 Å². The summed E-state index contributed by atoms with van der Waals surface area (Å²) in [6, 6.07) is 0. The second-order valence-corrected chi connectivity index (χ2v) is 8.10. The summed E-state index contributed by atoms with van der Waals surface area (Å²) in [6.45, 7) is 1.95. The van der Waals surface area contributed by atoms with Crippen molar-refractivity contribution in [2.24, 2.45) is 0 Å². The maximum atomic E-state index is 13.0. The Hall–Kier alpha value is -0.110. The van der Waals surface area contributed by atoms with Crippen molar-refractivity contribution in [3.63, 3.8) is 0 Å². The molecule has 2 rings (SSSR count). The van der Waals surface area contributed by atoms with Gasteiger partial charge in [-0.2, -0.15) is 0 Å². The van der Waals surface area contributed by atoms with Gasteiger partial charge in [0.05, 0.1) is 18.4 Å². The highest BCUT2D eigenvalue weighted by Gasteiger charge is 2.32. The van der Waals surface area contributed by atoms with Gasteiger partial charge in [0.15, 0.2) is 0 Å². The van der Waals surface area contributed by atoms with Gasteiger partial charge in [0.25, 0.3) is 0 Å². The topological polar surface area (TPSA) is 35.5 Å². The first-order chi connectivity index (χ1) is 9.72. The second kappa shape index (κ2) is 8.36. The quantitative estimate of drug-likeness (QED) is 0.483. The highest BCUT2D eigenvalue weighted by Crippen LogP contribution is 2.53. The van der Waals surface area contributed by atoms with Gasteiger partial charge in [-0.1, -0.05) is 50.7 Å². The average molecular weight is 300 g/mol. The van der Waals surface area contributed by atoms with Crippen molar-refractivity contribution in [1.29, 1.82) is 0 Å². The summed E-state index contributed by atoms with van der Waals surface area (Å²) < 4.78 is 24.9. The summed E-state index contributed by atoms with van der Waals surface area (Å²) >= 11 is 0. The first kappa shape index (κ1) is 16.3. The standard InChI is InChI=1S/C16H29O3P/c1-2-3-14-20(17,18-15-10-6-4-7-11-15)19-16-12-8-5-9-13-16/h2-3,15-16H,4-14H2,1H3. The predicted molar refractivity (Wildman–Crippen MR) is 83.2 cm³/mol. The Bertz CT molecular complexity index is 318. The molecule has 4 heteroatoms. The van der Waals surface area contributed by atoms with Crippen LogP contribution in [-0.4, -0.2) is 18.4 Å². The summed E-state index contributed by atoms with van der Waals surface area (Å²) in [5.74, 6) is 0. The average Bonchev–Trinajstić information content (AvgIpc) is 2.47. The molecule has 0 aliphatic heterocycles. The van der Waals surface area contributed by atoms with E-state index in [4.69, 9.17) is 9.05 Å². The van der Waals surface area contributed by atoms with E-state index in [9.17, 15) is 4.57 Å². The van der Waals surface area contributed by atoms with E-state index in [-0.39, 0.29) is 12.2 Å². The highest BCUT2D eigenvalue weighted by atomic mass is 31.2. The summed E-state index contributed by atoms with van der Waals surface area (Å²) in [6.07, 6.45) is 16.0. The van der Waals surface area contributed by atoms with E-state index in [0.717, 1.165) is 25.7 Å². The minimum Gasteiger partial charge on any atom is -0.305 e. The van der Waals surface area contributed by atoms with Crippen molar-refractivity contribution in [2.75, 3.05) is 6.16 Å². The van der Waals surface area contributed by atoms with E-state index in [2.05, 4.69) is 0 Å². The number of hydrogen-bond acceptors (Lipinski definition) is 3. The minimum atomic E-state index is -2.96. The third-order valence-electron chi connectivity index (χ3n) is 4.29. The molecule has 2 aliphatic carbocycles. The normalized spacial score (nSPS) is 23.4. The van der Waals surface area contributed by atoms with E-state index in [1.54, 1.807) is 0 Å². The molecular formula is C16H29O3P. The van der Waals surface area contributed by atoms with Crippen LogP contribution < -0.4 is 0 Å². The molecule has 0 radical (unpaired) electrons. The van der Waals surface area contributed by atoms with Gasteiger partial charge in [-0.15, -0.1) is 0 Å². The van der Waals surface area contributed by atoms with Crippen molar-refractivity contribution in [3.05, 3.63) is 12.2 Å². The molecule has 0 N–H and O–H groups in total. The van der Waals surface area contributed by atoms with E-state index < -0.39 is 7.60 Å². The van der Waals surface area contributed by atoms with Gasteiger partial charge in [-0.05, 0) is 32.6 Å². The number of hydrogen-bond donors (Lipinski definition) is 0. The van der Waals surface area contributed by atoms with E-state index in [1.165, 1.54) is 38.5 Å². The Balaban J connectivity index is 1.93. The lowest BCUT2D eigenvalue weighted by molar-refractivity contribution is 0.0803. The lowest BCUT2D eigenvalue weighted by atomic mass is 9.98. The molecule has 3 nitrogen and oxygen atoms in total. The Kier molecular flexibility index (Phi) is 6.80. The molecule has 2 aliphatic rings. The minimum absolute atomic E-state index is 0.142. The zero-order chi connectivity index (χ0) is 14.3. The maximum absolute atomic E-state index is 13.0. The molecule has 0 amide bonds. The summed E-state index contributed by atoms with van der Waals surface area (Å²) in [4.78, 5) is 0. The molecule has 0 unspecified atom stereocenters. The Morgan fingerprint density at radius 2 is 1.35 bits per heavy atom. The molecule has 0 saturated heterocycles. The third kappa shape index (κ3) is 5.35. The zero-order valence-corrected chi connectivity index (χ0v) is 13.7. The van der Waals surface area contributed by atoms with Crippen LogP contribution >= 0.6 is 7.60 Å². The molecular weight excluding hydrogens is 271 g/mol. The van der Waals surface area contributed by atoms with Crippen LogP contribution in [0.5, 0.6) is 0 Å². The Labute approximate surface area is 123 Å². The van der Waals surface area contributed by atoms with E-state index >= 15 is 0 Å². The number of allylic oxidation sites excluding steroid dienone is 2. The Morgan fingerprint density at radius 3 is 1.75 bits per heavy atom. The summed E-state index contributed by atoms with van der Waals surface area (Å²) in [5, 5.41) is 0. The predicted octanol–water partition coefficient (Wildman–Crippen LogP) is 5.45. The van der Waals surface area contributed by atoms with Crippen LogP contribution in [0.3, 0.4) is 0 Å². The van der Waals surface area contributed by atoms with Crippen molar-refractivity contribution in [1.82, 2.24) is 0 Å². The van der Waals surface area contributed by atoms with E-state index in [1.807, 2.05) is 19.1 Å². The molecule has 116 valence electrons. The van der Waals surface area contributed by atoms with Crippen molar-refractivity contribution in [2.45, 2.75) is 83.3 Å². The summed E-state index contributed by atoms with van der Waals surface area (Å²) in [5.41, 5.74) is 0. The molecule has 0 spiro atoms. The molecule has 0 aromatic rings. The SMILES string of the molecule is CC=CCP(=O)(OC1CCCCC1)OC1CCCCC1. The fourth-order valence-corrected chi connectivity index (χ4v) is 5.16. The lowest BCUT2D eigenvalue weighted by Crippen LogP contribution is -2.21. The number of rotatable bonds is 6. The smallest absolute Gasteiger partial charge is 0.305 e. The first-order valence-electron chi connectivity index (χ1n) is 8.29. The molecule has 2 fully saturated rings. The van der Waals surface area contributed by atoms with Crippen LogP contribution in [0.4, 0.5) is 0 Å². The molecule has 0 aromatic carbocycles. The monoisotopic (exact) mass is 300 g/mol. The maximum Gasteiger partial charge on any atom is 0.334 e. The van der Waals surface area contributed by atoms with Crippen LogP contribution in [-0.2, 0) is 13.6 Å². The fourth-order valence-electron chi connectivity index (χ4n) is 3.14. The second-order valence-electron chi connectivity index (χ2n) is 6.09. The van der Waals surface area contributed by atoms with Crippen molar-refractivity contribution in [3.8, 4) is 0 Å². The largest absolute Gasteiger partial charge is 0.334 e. The highest BCUT2D eigenvalue weighted by molar-refractivity contribution is 7.54. The van der Waals surface area contributed by atoms with Gasteiger partial charge in [-0.3, -0.25) is 4.57 Å². The molecule has 20 heavy (non-hydrogen) atoms. The molecule has 0 bridgehead atoms. The van der Waals surface area contributed by atoms with Crippen molar-refractivity contribution >= 4 is 7.60 Å². The lowest BCUT2D eigenvalue weighted by Gasteiger charge is -2.30. The fraction of sp³-hybridized carbons (Fsp3) is 0.875. The molecule has 0 aromatic heterocycles. The van der Waals surface area contributed by atoms with Gasteiger partial charge in [0.2, 0.25) is 0 Å². The zero-order valence-electron chi connectivity index (χ0n) is 12.8. The van der Waals surface area contributed by atoms with Gasteiger partial charge in [0, 0.05) is 0 Å². The van der Waals surface area contributed by atoms with Gasteiger partial charge >= 0.3 is 7.60 Å². The van der Waals surface area contributed by atoms with Crippen LogP contribution in [0.2, 0.25) is 0 Å². The molecule has 0 heterocycles. The van der Waals surface area contributed by atoms with Crippen molar-refractivity contribution < 1.29 is 13.6 Å².